The van der Waals surface area contributed by atoms with Gasteiger partial charge in [0.2, 0.25) is 0 Å². The van der Waals surface area contributed by atoms with E-state index in [0.29, 0.717) is 18.7 Å². The smallest absolute Gasteiger partial charge is 0.268 e. The number of amides is 1. The molecule has 1 amide bonds. The largest absolute Gasteiger partial charge is 0.390 e. The van der Waals surface area contributed by atoms with E-state index in [2.05, 4.69) is 50.9 Å². The molecule has 9 heteroatoms. The van der Waals surface area contributed by atoms with Gasteiger partial charge < -0.3 is 25.0 Å². The second-order valence-corrected chi connectivity index (χ2v) is 12.1. The van der Waals surface area contributed by atoms with E-state index in [-0.39, 0.29) is 18.5 Å². The Labute approximate surface area is 262 Å². The standard InChI is InChI=1S/C35H38N6O2S/c1-3-25-15-16-30-34-27(25)19-32(41(34)23(2)22-44-40-30)35(43)39-31(18-24-10-5-4-6-11-24)33(42)21-36-20-26-12-9-14-29(38-26)28-13-7-8-17-37-28/h4-17,19,23,31,33,36,40,42H,3,18,20-22H2,1-2H3,(H,39,43)/t23?,31-,33+/m0/s1. The van der Waals surface area contributed by atoms with Gasteiger partial charge in [0.15, 0.2) is 0 Å². The summed E-state index contributed by atoms with van der Waals surface area (Å²) in [6.45, 7) is 5.05. The first-order chi connectivity index (χ1) is 21.5. The highest BCUT2D eigenvalue weighted by atomic mass is 32.2. The first-order valence-electron chi connectivity index (χ1n) is 15.2. The number of hydrogen-bond acceptors (Lipinski definition) is 7. The Morgan fingerprint density at radius 3 is 2.68 bits per heavy atom. The third-order valence-electron chi connectivity index (χ3n) is 8.12. The molecule has 0 saturated carbocycles. The van der Waals surface area contributed by atoms with Crippen molar-refractivity contribution in [1.82, 2.24) is 25.2 Å². The number of aliphatic hydroxyl groups is 1. The molecule has 0 radical (unpaired) electrons. The number of anilines is 1. The number of nitrogens with zero attached hydrogens (tertiary/aromatic N) is 3. The topological polar surface area (TPSA) is 104 Å². The van der Waals surface area contributed by atoms with Gasteiger partial charge in [0.05, 0.1) is 40.4 Å². The van der Waals surface area contributed by atoms with Crippen LogP contribution in [0.1, 0.15) is 47.2 Å². The summed E-state index contributed by atoms with van der Waals surface area (Å²) in [5.41, 5.74) is 7.43. The molecular formula is C35H38N6O2S. The van der Waals surface area contributed by atoms with Gasteiger partial charge in [-0.2, -0.15) is 0 Å². The zero-order chi connectivity index (χ0) is 30.5. The third kappa shape index (κ3) is 6.50. The van der Waals surface area contributed by atoms with Gasteiger partial charge in [-0.05, 0) is 67.3 Å². The molecule has 4 heterocycles. The van der Waals surface area contributed by atoms with Crippen molar-refractivity contribution in [3.8, 4) is 11.4 Å². The molecular weight excluding hydrogens is 568 g/mol. The number of pyridine rings is 2. The molecule has 3 atom stereocenters. The van der Waals surface area contributed by atoms with E-state index in [4.69, 9.17) is 4.98 Å². The first kappa shape index (κ1) is 29.9. The second-order valence-electron chi connectivity index (χ2n) is 11.2. The predicted octanol–water partition coefficient (Wildman–Crippen LogP) is 5.79. The highest BCUT2D eigenvalue weighted by Gasteiger charge is 2.28. The lowest BCUT2D eigenvalue weighted by molar-refractivity contribution is 0.0820. The Bertz CT molecular complexity index is 1730. The number of benzene rings is 2. The van der Waals surface area contributed by atoms with Gasteiger partial charge >= 0.3 is 0 Å². The summed E-state index contributed by atoms with van der Waals surface area (Å²) < 4.78 is 5.63. The van der Waals surface area contributed by atoms with Crippen LogP contribution in [0.15, 0.2) is 91.1 Å². The van der Waals surface area contributed by atoms with Crippen LogP contribution in [-0.4, -0.2) is 50.0 Å². The predicted molar refractivity (Wildman–Crippen MR) is 179 cm³/mol. The Kier molecular flexibility index (Phi) is 9.26. The van der Waals surface area contributed by atoms with Crippen LogP contribution in [0.2, 0.25) is 0 Å². The van der Waals surface area contributed by atoms with Crippen molar-refractivity contribution in [2.24, 2.45) is 0 Å². The van der Waals surface area contributed by atoms with Crippen molar-refractivity contribution < 1.29 is 9.90 Å². The third-order valence-corrected chi connectivity index (χ3v) is 9.14. The number of nitrogens with one attached hydrogen (secondary N) is 3. The van der Waals surface area contributed by atoms with E-state index in [0.717, 1.165) is 51.4 Å². The molecule has 2 aromatic carbocycles. The fourth-order valence-electron chi connectivity index (χ4n) is 5.85. The number of carbonyl (C=O) groups is 1. The first-order valence-corrected chi connectivity index (χ1v) is 16.2. The number of hydrogen-bond donors (Lipinski definition) is 4. The van der Waals surface area contributed by atoms with Crippen molar-refractivity contribution in [2.75, 3.05) is 17.0 Å². The molecule has 1 unspecified atom stereocenters. The summed E-state index contributed by atoms with van der Waals surface area (Å²) in [6.07, 6.45) is 2.30. The molecule has 0 bridgehead atoms. The van der Waals surface area contributed by atoms with E-state index in [1.54, 1.807) is 18.1 Å². The van der Waals surface area contributed by atoms with Crippen molar-refractivity contribution in [3.05, 3.63) is 114 Å². The summed E-state index contributed by atoms with van der Waals surface area (Å²) in [5.74, 6) is 0.646. The molecule has 6 rings (SSSR count). The SMILES string of the molecule is CCc1ccc2c3c1cc(C(=O)N[C@@H](Cc1ccccc1)[C@H](O)CNCc1cccc(-c4ccccn4)n1)n3C(C)CSN2. The fraction of sp³-hybridized carbons (Fsp3) is 0.286. The maximum atomic E-state index is 14.1. The van der Waals surface area contributed by atoms with Gasteiger partial charge in [-0.1, -0.05) is 67.4 Å². The quantitative estimate of drug-likeness (QED) is 0.141. The number of aryl methyl sites for hydroxylation is 1. The molecule has 1 aliphatic heterocycles. The minimum Gasteiger partial charge on any atom is -0.390 e. The number of aliphatic hydroxyl groups excluding tert-OH is 1. The van der Waals surface area contributed by atoms with Crippen LogP contribution in [0.4, 0.5) is 5.69 Å². The molecule has 0 saturated heterocycles. The van der Waals surface area contributed by atoms with Crippen LogP contribution < -0.4 is 15.4 Å². The molecule has 5 aromatic rings. The van der Waals surface area contributed by atoms with E-state index < -0.39 is 12.1 Å². The van der Waals surface area contributed by atoms with Gasteiger partial charge in [0, 0.05) is 36.5 Å². The summed E-state index contributed by atoms with van der Waals surface area (Å²) in [5, 5.41) is 19.1. The molecule has 226 valence electrons. The lowest BCUT2D eigenvalue weighted by Gasteiger charge is -2.26. The lowest BCUT2D eigenvalue weighted by Crippen LogP contribution is -2.49. The summed E-state index contributed by atoms with van der Waals surface area (Å²) in [4.78, 5) is 23.2. The van der Waals surface area contributed by atoms with Gasteiger partial charge in [-0.15, -0.1) is 0 Å². The van der Waals surface area contributed by atoms with Crippen LogP contribution in [-0.2, 0) is 19.4 Å². The highest BCUT2D eigenvalue weighted by Crippen LogP contribution is 2.37. The van der Waals surface area contributed by atoms with Crippen LogP contribution in [0.3, 0.4) is 0 Å². The van der Waals surface area contributed by atoms with E-state index in [9.17, 15) is 9.90 Å². The van der Waals surface area contributed by atoms with Crippen molar-refractivity contribution in [2.45, 2.75) is 51.4 Å². The number of rotatable bonds is 11. The molecule has 44 heavy (non-hydrogen) atoms. The fourth-order valence-corrected chi connectivity index (χ4v) is 6.65. The maximum absolute atomic E-state index is 14.1. The minimum atomic E-state index is -0.831. The van der Waals surface area contributed by atoms with E-state index in [1.807, 2.05) is 72.8 Å². The lowest BCUT2D eigenvalue weighted by atomic mass is 10.0. The average molecular weight is 607 g/mol. The maximum Gasteiger partial charge on any atom is 0.268 e. The van der Waals surface area contributed by atoms with Gasteiger partial charge in [-0.3, -0.25) is 9.78 Å². The second kappa shape index (κ2) is 13.6. The zero-order valence-corrected chi connectivity index (χ0v) is 25.8. The summed E-state index contributed by atoms with van der Waals surface area (Å²) >= 11 is 1.66. The molecule has 8 nitrogen and oxygen atoms in total. The van der Waals surface area contributed by atoms with Crippen molar-refractivity contribution >= 4 is 34.4 Å². The average Bonchev–Trinajstić information content (AvgIpc) is 3.39. The van der Waals surface area contributed by atoms with Gasteiger partial charge in [-0.25, -0.2) is 4.98 Å². The minimum absolute atomic E-state index is 0.118. The Hall–Kier alpha value is -4.18. The molecule has 0 spiro atoms. The van der Waals surface area contributed by atoms with Crippen molar-refractivity contribution in [1.29, 1.82) is 0 Å². The molecule has 1 aliphatic rings. The normalized spacial score (nSPS) is 15.8. The Balaban J connectivity index is 1.21. The molecule has 4 N–H and O–H groups in total. The van der Waals surface area contributed by atoms with Crippen LogP contribution in [0, 0.1) is 0 Å². The van der Waals surface area contributed by atoms with Crippen molar-refractivity contribution in [3.63, 3.8) is 0 Å². The number of aromatic nitrogens is 3. The Morgan fingerprint density at radius 1 is 1.07 bits per heavy atom. The van der Waals surface area contributed by atoms with Crippen LogP contribution >= 0.6 is 11.9 Å². The number of carbonyl (C=O) groups excluding carboxylic acids is 1. The van der Waals surface area contributed by atoms with Crippen LogP contribution in [0.25, 0.3) is 22.3 Å². The monoisotopic (exact) mass is 606 g/mol. The Morgan fingerprint density at radius 2 is 1.89 bits per heavy atom. The summed E-state index contributed by atoms with van der Waals surface area (Å²) in [6, 6.07) is 27.5. The summed E-state index contributed by atoms with van der Waals surface area (Å²) in [7, 11) is 0. The highest BCUT2D eigenvalue weighted by molar-refractivity contribution is 8.00. The van der Waals surface area contributed by atoms with E-state index >= 15 is 0 Å². The zero-order valence-electron chi connectivity index (χ0n) is 25.0. The molecule has 0 fully saturated rings. The molecule has 3 aromatic heterocycles. The van der Waals surface area contributed by atoms with Crippen LogP contribution in [0.5, 0.6) is 0 Å². The molecule has 0 aliphatic carbocycles. The van der Waals surface area contributed by atoms with Gasteiger partial charge in [0.1, 0.15) is 5.69 Å². The van der Waals surface area contributed by atoms with Gasteiger partial charge in [0.25, 0.3) is 5.91 Å². The van der Waals surface area contributed by atoms with E-state index in [1.165, 1.54) is 5.56 Å².